The van der Waals surface area contributed by atoms with Crippen LogP contribution in [-0.2, 0) is 23.7 Å². The van der Waals surface area contributed by atoms with E-state index in [0.717, 1.165) is 12.8 Å². The first kappa shape index (κ1) is 21.6. The lowest BCUT2D eigenvalue weighted by Crippen LogP contribution is -2.65. The highest BCUT2D eigenvalue weighted by Gasteiger charge is 3.03. The summed E-state index contributed by atoms with van der Waals surface area (Å²) in [4.78, 5) is 12.2. The Hall–Kier alpha value is -0.650. The topological polar surface area (TPSA) is 60.6 Å². The fourth-order valence-electron chi connectivity index (χ4n) is 11.7. The van der Waals surface area contributed by atoms with Gasteiger partial charge in [-0.1, -0.05) is 34.6 Å². The number of hydrogen-bond donors (Lipinski definition) is 0. The maximum Gasteiger partial charge on any atom is 0.305 e. The van der Waals surface area contributed by atoms with E-state index in [0.29, 0.717) is 30.0 Å². The molecule has 4 spiro atoms. The minimum atomic E-state index is -0.154. The Morgan fingerprint density at radius 3 is 2.45 bits per heavy atom. The summed E-state index contributed by atoms with van der Waals surface area (Å²) >= 11 is 0. The SMILES string of the molecule is COC(=O)C[C@@H](C)[C@]1(C)CC2OC23C24OC2C[C@H]2C(C)(C)[C@H](OC)CC[C@@]25C[C@@]45CC[C@@]31C. The molecule has 5 aliphatic carbocycles. The molecule has 33 heavy (non-hydrogen) atoms. The molecule has 11 atom stereocenters. The van der Waals surface area contributed by atoms with Crippen LogP contribution in [0.15, 0.2) is 0 Å². The zero-order valence-electron chi connectivity index (χ0n) is 21.6. The van der Waals surface area contributed by atoms with Gasteiger partial charge in [0.1, 0.15) is 11.2 Å². The van der Waals surface area contributed by atoms with Crippen molar-refractivity contribution in [3.05, 3.63) is 0 Å². The molecule has 0 aromatic heterocycles. The number of carbonyl (C=O) groups excluding carboxylic acids is 1. The number of hydrogen-bond acceptors (Lipinski definition) is 5. The predicted molar refractivity (Wildman–Crippen MR) is 122 cm³/mol. The van der Waals surface area contributed by atoms with E-state index in [1.807, 2.05) is 7.11 Å². The van der Waals surface area contributed by atoms with E-state index < -0.39 is 0 Å². The van der Waals surface area contributed by atoms with E-state index in [4.69, 9.17) is 18.9 Å². The van der Waals surface area contributed by atoms with Crippen molar-refractivity contribution in [2.75, 3.05) is 14.2 Å². The van der Waals surface area contributed by atoms with Crippen molar-refractivity contribution >= 4 is 5.97 Å². The molecule has 0 N–H and O–H groups in total. The van der Waals surface area contributed by atoms with Crippen molar-refractivity contribution in [1.29, 1.82) is 0 Å². The van der Waals surface area contributed by atoms with E-state index in [2.05, 4.69) is 34.6 Å². The minimum Gasteiger partial charge on any atom is -0.469 e. The second-order valence-electron chi connectivity index (χ2n) is 14.1. The van der Waals surface area contributed by atoms with Gasteiger partial charge in [-0.3, -0.25) is 4.79 Å². The smallest absolute Gasteiger partial charge is 0.305 e. The molecule has 2 heterocycles. The first-order chi connectivity index (χ1) is 15.5. The summed E-state index contributed by atoms with van der Waals surface area (Å²) in [6.45, 7) is 12.1. The van der Waals surface area contributed by atoms with Gasteiger partial charge < -0.3 is 18.9 Å². The molecule has 2 aliphatic heterocycles. The van der Waals surface area contributed by atoms with Gasteiger partial charge in [0.05, 0.1) is 25.4 Å². The first-order valence-corrected chi connectivity index (χ1v) is 13.4. The van der Waals surface area contributed by atoms with Crippen molar-refractivity contribution in [3.63, 3.8) is 0 Å². The molecular weight excluding hydrogens is 416 g/mol. The molecule has 184 valence electrons. The van der Waals surface area contributed by atoms with Crippen LogP contribution in [0.2, 0.25) is 0 Å². The van der Waals surface area contributed by atoms with E-state index in [1.165, 1.54) is 39.2 Å². The van der Waals surface area contributed by atoms with E-state index in [1.54, 1.807) is 0 Å². The van der Waals surface area contributed by atoms with E-state index >= 15 is 0 Å². The van der Waals surface area contributed by atoms with Crippen LogP contribution in [0, 0.1) is 38.9 Å². The first-order valence-electron chi connectivity index (χ1n) is 13.4. The Labute approximate surface area is 198 Å². The average molecular weight is 459 g/mol. The van der Waals surface area contributed by atoms with Crippen LogP contribution in [0.5, 0.6) is 0 Å². The van der Waals surface area contributed by atoms with Crippen LogP contribution < -0.4 is 0 Å². The molecule has 4 unspecified atom stereocenters. The normalized spacial score (nSPS) is 61.3. The molecule has 0 radical (unpaired) electrons. The van der Waals surface area contributed by atoms with Crippen molar-refractivity contribution in [1.82, 2.24) is 0 Å². The molecule has 0 amide bonds. The molecule has 7 fully saturated rings. The largest absolute Gasteiger partial charge is 0.469 e. The number of epoxide rings is 2. The van der Waals surface area contributed by atoms with Gasteiger partial charge in [-0.2, -0.15) is 0 Å². The van der Waals surface area contributed by atoms with Crippen LogP contribution >= 0.6 is 0 Å². The van der Waals surface area contributed by atoms with Crippen molar-refractivity contribution in [2.45, 2.75) is 115 Å². The number of methoxy groups -OCH3 is 2. The maximum absolute atomic E-state index is 12.2. The van der Waals surface area contributed by atoms with Crippen molar-refractivity contribution < 1.29 is 23.7 Å². The summed E-state index contributed by atoms with van der Waals surface area (Å²) in [6, 6.07) is 0. The summed E-state index contributed by atoms with van der Waals surface area (Å²) in [7, 11) is 3.41. The number of ether oxygens (including phenoxy) is 4. The van der Waals surface area contributed by atoms with Gasteiger partial charge in [0, 0.05) is 24.4 Å². The van der Waals surface area contributed by atoms with Gasteiger partial charge in [-0.15, -0.1) is 0 Å². The highest BCUT2D eigenvalue weighted by Crippen LogP contribution is 2.96. The van der Waals surface area contributed by atoms with Gasteiger partial charge in [0.25, 0.3) is 0 Å². The maximum atomic E-state index is 12.2. The van der Waals surface area contributed by atoms with Crippen LogP contribution in [0.1, 0.15) is 86.0 Å². The standard InChI is InChI=1S/C28H42O5/c1-16(12-21(29)31-7)23(4)14-20-27(33-20)24(23,5)10-11-26-15-25(26)9-8-18(30-6)22(2,3)17(25)13-19-28(26,27)32-19/h16-20H,8-15H2,1-7H3/t16-,17+,18-,19?,20?,23+,24-,25-,26-,27?,28?/m1/s1. The zero-order chi connectivity index (χ0) is 23.4. The lowest BCUT2D eigenvalue weighted by molar-refractivity contribution is -0.166. The highest BCUT2D eigenvalue weighted by molar-refractivity contribution is 5.69. The predicted octanol–water partition coefficient (Wildman–Crippen LogP) is 4.90. The quantitative estimate of drug-likeness (QED) is 0.443. The third-order valence-corrected chi connectivity index (χ3v) is 13.7. The monoisotopic (exact) mass is 458 g/mol. The van der Waals surface area contributed by atoms with Crippen molar-refractivity contribution in [2.24, 2.45) is 38.9 Å². The van der Waals surface area contributed by atoms with Gasteiger partial charge in [-0.25, -0.2) is 0 Å². The summed E-state index contributed by atoms with van der Waals surface area (Å²) in [6.07, 6.45) is 9.88. The van der Waals surface area contributed by atoms with Gasteiger partial charge in [0.2, 0.25) is 0 Å². The fourth-order valence-corrected chi connectivity index (χ4v) is 11.7. The second-order valence-corrected chi connectivity index (χ2v) is 14.1. The Morgan fingerprint density at radius 2 is 1.76 bits per heavy atom. The molecule has 7 aliphatic rings. The Balaban J connectivity index is 1.28. The Kier molecular flexibility index (Phi) is 3.72. The molecule has 7 rings (SSSR count). The Morgan fingerprint density at radius 1 is 1.03 bits per heavy atom. The molecule has 0 aromatic rings. The molecule has 5 nitrogen and oxygen atoms in total. The highest BCUT2D eigenvalue weighted by atomic mass is 16.7. The lowest BCUT2D eigenvalue weighted by atomic mass is 9.43. The summed E-state index contributed by atoms with van der Waals surface area (Å²) in [5, 5.41) is 0. The van der Waals surface area contributed by atoms with Gasteiger partial charge in [-0.05, 0) is 73.0 Å². The Bertz CT molecular complexity index is 947. The third-order valence-electron chi connectivity index (χ3n) is 13.7. The van der Waals surface area contributed by atoms with E-state index in [-0.39, 0.29) is 50.9 Å². The third kappa shape index (κ3) is 1.86. The lowest BCUT2D eigenvalue weighted by Gasteiger charge is -2.60. The summed E-state index contributed by atoms with van der Waals surface area (Å²) < 4.78 is 24.9. The average Bonchev–Trinajstić information content (AvgIpc) is 3.66. The van der Waals surface area contributed by atoms with Gasteiger partial charge >= 0.3 is 5.97 Å². The molecule has 0 bridgehead atoms. The molecule has 2 saturated heterocycles. The van der Waals surface area contributed by atoms with Crippen LogP contribution in [-0.4, -0.2) is 49.7 Å². The summed E-state index contributed by atoms with van der Waals surface area (Å²) in [5.74, 6) is 0.854. The molecule has 5 saturated carbocycles. The summed E-state index contributed by atoms with van der Waals surface area (Å²) in [5.41, 5.74) is 0.731. The fraction of sp³-hybridized carbons (Fsp3) is 0.964. The van der Waals surface area contributed by atoms with Crippen molar-refractivity contribution in [3.8, 4) is 0 Å². The molecular formula is C28H42O5. The van der Waals surface area contributed by atoms with Gasteiger partial charge in [0.15, 0.2) is 0 Å². The van der Waals surface area contributed by atoms with Crippen LogP contribution in [0.3, 0.4) is 0 Å². The van der Waals surface area contributed by atoms with E-state index in [9.17, 15) is 4.79 Å². The zero-order valence-corrected chi connectivity index (χ0v) is 21.6. The molecule has 5 heteroatoms. The second kappa shape index (κ2) is 5.67. The number of rotatable bonds is 4. The number of carbonyl (C=O) groups is 1. The van der Waals surface area contributed by atoms with Crippen LogP contribution in [0.4, 0.5) is 0 Å². The van der Waals surface area contributed by atoms with Crippen LogP contribution in [0.25, 0.3) is 0 Å². The number of esters is 1. The minimum absolute atomic E-state index is 0.0357. The molecule has 0 aromatic carbocycles.